The molecule has 0 aromatic heterocycles. The van der Waals surface area contributed by atoms with Gasteiger partial charge in [0.1, 0.15) is 24.8 Å². The minimum Gasteiger partial charge on any atom is -0.491 e. The molecular formula is C12H17F2NO. The summed E-state index contributed by atoms with van der Waals surface area (Å²) in [6.07, 6.45) is 0.408. The van der Waals surface area contributed by atoms with E-state index < -0.39 is 12.2 Å². The van der Waals surface area contributed by atoms with Crippen LogP contribution in [-0.2, 0) is 6.42 Å². The van der Waals surface area contributed by atoms with Crippen molar-refractivity contribution in [1.82, 2.24) is 0 Å². The highest BCUT2D eigenvalue weighted by Crippen LogP contribution is 2.20. The normalized spacial score (nSPS) is 11.6. The third kappa shape index (κ3) is 4.14. The number of nitrogens with two attached hydrogens (primary N) is 1. The maximum atomic E-state index is 13.4. The highest BCUT2D eigenvalue weighted by Gasteiger charge is 2.15. The molecule has 4 heteroatoms. The van der Waals surface area contributed by atoms with Crippen molar-refractivity contribution in [3.8, 4) is 5.75 Å². The molecule has 0 atom stereocenters. The van der Waals surface area contributed by atoms with Crippen molar-refractivity contribution in [3.63, 3.8) is 0 Å². The first-order chi connectivity index (χ1) is 7.42. The summed E-state index contributed by atoms with van der Waals surface area (Å²) < 4.78 is 30.4. The number of ether oxygens (including phenoxy) is 1. The van der Waals surface area contributed by atoms with Gasteiger partial charge in [-0.1, -0.05) is 0 Å². The van der Waals surface area contributed by atoms with Gasteiger partial charge in [0, 0.05) is 5.54 Å². The number of halogens is 2. The fourth-order valence-corrected chi connectivity index (χ4v) is 1.42. The molecule has 2 nitrogen and oxygen atoms in total. The van der Waals surface area contributed by atoms with Crippen molar-refractivity contribution >= 4 is 0 Å². The van der Waals surface area contributed by atoms with Crippen LogP contribution in [0.15, 0.2) is 18.2 Å². The summed E-state index contributed by atoms with van der Waals surface area (Å²) in [6, 6.07) is 4.37. The monoisotopic (exact) mass is 229 g/mol. The fraction of sp³-hybridized carbons (Fsp3) is 0.500. The smallest absolute Gasteiger partial charge is 0.126 e. The van der Waals surface area contributed by atoms with Crippen LogP contribution in [0.2, 0.25) is 0 Å². The molecule has 90 valence electrons. The van der Waals surface area contributed by atoms with Crippen molar-refractivity contribution < 1.29 is 13.5 Å². The minimum absolute atomic E-state index is 0.0168. The van der Waals surface area contributed by atoms with E-state index in [1.165, 1.54) is 12.1 Å². The van der Waals surface area contributed by atoms with Crippen molar-refractivity contribution in [3.05, 3.63) is 29.6 Å². The lowest BCUT2D eigenvalue weighted by Crippen LogP contribution is -2.34. The van der Waals surface area contributed by atoms with E-state index in [9.17, 15) is 8.78 Å². The molecule has 0 saturated heterocycles. The van der Waals surface area contributed by atoms with Gasteiger partial charge in [0.25, 0.3) is 0 Å². The Morgan fingerprint density at radius 3 is 2.62 bits per heavy atom. The average molecular weight is 229 g/mol. The van der Waals surface area contributed by atoms with Crippen LogP contribution < -0.4 is 10.5 Å². The molecule has 0 unspecified atom stereocenters. The summed E-state index contributed by atoms with van der Waals surface area (Å²) in [7, 11) is 0. The highest BCUT2D eigenvalue weighted by molar-refractivity contribution is 5.31. The van der Waals surface area contributed by atoms with Gasteiger partial charge in [0.15, 0.2) is 0 Å². The van der Waals surface area contributed by atoms with Gasteiger partial charge in [0.05, 0.1) is 0 Å². The van der Waals surface area contributed by atoms with Gasteiger partial charge in [-0.2, -0.15) is 0 Å². The molecule has 1 aromatic rings. The molecule has 0 fully saturated rings. The largest absolute Gasteiger partial charge is 0.491 e. The molecule has 1 aromatic carbocycles. The van der Waals surface area contributed by atoms with E-state index in [0.717, 1.165) is 0 Å². The molecule has 0 radical (unpaired) electrons. The maximum absolute atomic E-state index is 13.4. The van der Waals surface area contributed by atoms with Gasteiger partial charge in [-0.25, -0.2) is 8.78 Å². The summed E-state index contributed by atoms with van der Waals surface area (Å²) in [5, 5.41) is 0. The van der Waals surface area contributed by atoms with Crippen LogP contribution in [0.25, 0.3) is 0 Å². The van der Waals surface area contributed by atoms with Gasteiger partial charge in [-0.3, -0.25) is 0 Å². The number of hydrogen-bond donors (Lipinski definition) is 1. The zero-order valence-electron chi connectivity index (χ0n) is 9.59. The van der Waals surface area contributed by atoms with Gasteiger partial charge in [0.2, 0.25) is 0 Å². The molecule has 1 rings (SSSR count). The maximum Gasteiger partial charge on any atom is 0.126 e. The van der Waals surface area contributed by atoms with E-state index in [2.05, 4.69) is 0 Å². The Balaban J connectivity index is 2.82. The molecule has 16 heavy (non-hydrogen) atoms. The van der Waals surface area contributed by atoms with Gasteiger partial charge >= 0.3 is 0 Å². The van der Waals surface area contributed by atoms with Crippen LogP contribution >= 0.6 is 0 Å². The lowest BCUT2D eigenvalue weighted by Gasteiger charge is -2.19. The van der Waals surface area contributed by atoms with Crippen LogP contribution in [0.5, 0.6) is 5.75 Å². The molecule has 0 aliphatic carbocycles. The fourth-order valence-electron chi connectivity index (χ4n) is 1.42. The molecule has 0 amide bonds. The highest BCUT2D eigenvalue weighted by atomic mass is 19.1. The van der Waals surface area contributed by atoms with Crippen LogP contribution in [0.1, 0.15) is 19.4 Å². The Hall–Kier alpha value is -1.16. The number of hydrogen-bond acceptors (Lipinski definition) is 2. The molecule has 0 bridgehead atoms. The van der Waals surface area contributed by atoms with Crippen molar-refractivity contribution in [2.75, 3.05) is 13.3 Å². The van der Waals surface area contributed by atoms with E-state index in [1.807, 2.05) is 13.8 Å². The van der Waals surface area contributed by atoms with Gasteiger partial charge < -0.3 is 10.5 Å². The Kier molecular flexibility index (Phi) is 4.24. The zero-order chi connectivity index (χ0) is 12.2. The third-order valence-electron chi connectivity index (χ3n) is 2.01. The number of benzene rings is 1. The SMILES string of the molecule is CC(C)(N)Cc1cc(OCCF)ccc1F. The lowest BCUT2D eigenvalue weighted by atomic mass is 9.96. The Morgan fingerprint density at radius 2 is 2.06 bits per heavy atom. The van der Waals surface area contributed by atoms with Crippen molar-refractivity contribution in [2.45, 2.75) is 25.8 Å². The summed E-state index contributed by atoms with van der Waals surface area (Å²) >= 11 is 0. The Bertz CT molecular complexity index is 347. The van der Waals surface area contributed by atoms with Crippen LogP contribution in [0, 0.1) is 5.82 Å². The molecule has 0 saturated carbocycles. The topological polar surface area (TPSA) is 35.2 Å². The van der Waals surface area contributed by atoms with E-state index in [0.29, 0.717) is 17.7 Å². The summed E-state index contributed by atoms with van der Waals surface area (Å²) in [6.45, 7) is 3.06. The van der Waals surface area contributed by atoms with Crippen LogP contribution in [-0.4, -0.2) is 18.8 Å². The predicted molar refractivity (Wildman–Crippen MR) is 59.8 cm³/mol. The van der Waals surface area contributed by atoms with E-state index in [4.69, 9.17) is 10.5 Å². The minimum atomic E-state index is -0.560. The number of rotatable bonds is 5. The summed E-state index contributed by atoms with van der Waals surface area (Å²) in [5.41, 5.74) is 5.82. The van der Waals surface area contributed by atoms with Gasteiger partial charge in [-0.15, -0.1) is 0 Å². The Morgan fingerprint density at radius 1 is 1.38 bits per heavy atom. The number of alkyl halides is 1. The second-order valence-electron chi connectivity index (χ2n) is 4.46. The first-order valence-electron chi connectivity index (χ1n) is 5.18. The first-order valence-corrected chi connectivity index (χ1v) is 5.18. The van der Waals surface area contributed by atoms with E-state index in [1.54, 1.807) is 6.07 Å². The summed E-state index contributed by atoms with van der Waals surface area (Å²) in [5.74, 6) is 0.157. The van der Waals surface area contributed by atoms with Crippen molar-refractivity contribution in [1.29, 1.82) is 0 Å². The van der Waals surface area contributed by atoms with E-state index in [-0.39, 0.29) is 12.4 Å². The zero-order valence-corrected chi connectivity index (χ0v) is 9.59. The molecular weight excluding hydrogens is 212 g/mol. The Labute approximate surface area is 94.4 Å². The predicted octanol–water partition coefficient (Wildman–Crippen LogP) is 2.45. The molecule has 0 aliphatic heterocycles. The second kappa shape index (κ2) is 5.25. The van der Waals surface area contributed by atoms with Crippen LogP contribution in [0.3, 0.4) is 0 Å². The molecule has 2 N–H and O–H groups in total. The third-order valence-corrected chi connectivity index (χ3v) is 2.01. The molecule has 0 heterocycles. The first kappa shape index (κ1) is 12.9. The quantitative estimate of drug-likeness (QED) is 0.841. The summed E-state index contributed by atoms with van der Waals surface area (Å²) in [4.78, 5) is 0. The average Bonchev–Trinajstić information content (AvgIpc) is 2.17. The molecule has 0 aliphatic rings. The molecule has 0 spiro atoms. The van der Waals surface area contributed by atoms with Crippen LogP contribution in [0.4, 0.5) is 8.78 Å². The van der Waals surface area contributed by atoms with Gasteiger partial charge in [-0.05, 0) is 44.0 Å². The lowest BCUT2D eigenvalue weighted by molar-refractivity contribution is 0.272. The standard InChI is InChI=1S/C12H17F2NO/c1-12(2,15)8-9-7-10(16-6-5-13)3-4-11(9)14/h3-4,7H,5-6,8,15H2,1-2H3. The second-order valence-corrected chi connectivity index (χ2v) is 4.46. The van der Waals surface area contributed by atoms with Crippen molar-refractivity contribution in [2.24, 2.45) is 5.73 Å². The van der Waals surface area contributed by atoms with E-state index >= 15 is 0 Å².